The Morgan fingerprint density at radius 2 is 1.77 bits per heavy atom. The van der Waals surface area contributed by atoms with Crippen LogP contribution < -0.4 is 4.72 Å². The summed E-state index contributed by atoms with van der Waals surface area (Å²) in [5.74, 6) is 0.409. The molecule has 0 amide bonds. The lowest BCUT2D eigenvalue weighted by atomic mass is 10.1. The standard InChI is InChI=1S/C17H15N3O4S2/c1-26(22,23)20-14-9-7-12(8-10-14)15(21)11-25-17-19-18-16(24-17)13-5-3-2-4-6-13/h2-10,20H,11H2,1H3. The zero-order valence-corrected chi connectivity index (χ0v) is 15.4. The number of sulfonamides is 1. The Morgan fingerprint density at radius 3 is 2.42 bits per heavy atom. The molecule has 1 aromatic heterocycles. The summed E-state index contributed by atoms with van der Waals surface area (Å²) in [6, 6.07) is 15.6. The Morgan fingerprint density at radius 1 is 1.08 bits per heavy atom. The number of Topliss-reactive ketones (excluding diaryl/α,β-unsaturated/α-hetero) is 1. The lowest BCUT2D eigenvalue weighted by Gasteiger charge is -2.04. The number of carbonyl (C=O) groups excluding carboxylic acids is 1. The Balaban J connectivity index is 1.60. The number of hydrogen-bond donors (Lipinski definition) is 1. The number of anilines is 1. The van der Waals surface area contributed by atoms with Crippen LogP contribution in [0.25, 0.3) is 11.5 Å². The fourth-order valence-corrected chi connectivity index (χ4v) is 3.34. The van der Waals surface area contributed by atoms with Gasteiger partial charge in [0.2, 0.25) is 15.9 Å². The first kappa shape index (κ1) is 18.2. The maximum absolute atomic E-state index is 12.2. The van der Waals surface area contributed by atoms with Crippen LogP contribution in [0.4, 0.5) is 5.69 Å². The number of ketones is 1. The van der Waals surface area contributed by atoms with Crippen molar-refractivity contribution in [3.8, 4) is 11.5 Å². The number of nitrogens with one attached hydrogen (secondary N) is 1. The van der Waals surface area contributed by atoms with Gasteiger partial charge < -0.3 is 4.42 Å². The first-order chi connectivity index (χ1) is 12.4. The molecule has 3 aromatic rings. The highest BCUT2D eigenvalue weighted by Gasteiger charge is 2.12. The van der Waals surface area contributed by atoms with Crippen molar-refractivity contribution in [1.29, 1.82) is 0 Å². The molecule has 0 radical (unpaired) electrons. The van der Waals surface area contributed by atoms with Crippen LogP contribution in [0.3, 0.4) is 0 Å². The minimum atomic E-state index is -3.34. The van der Waals surface area contributed by atoms with Crippen LogP contribution in [0.2, 0.25) is 0 Å². The smallest absolute Gasteiger partial charge is 0.277 e. The van der Waals surface area contributed by atoms with Crippen molar-refractivity contribution in [3.05, 3.63) is 60.2 Å². The number of carbonyl (C=O) groups is 1. The van der Waals surface area contributed by atoms with E-state index in [-0.39, 0.29) is 11.5 Å². The normalized spacial score (nSPS) is 11.3. The van der Waals surface area contributed by atoms with Crippen molar-refractivity contribution in [2.24, 2.45) is 0 Å². The van der Waals surface area contributed by atoms with E-state index in [1.54, 1.807) is 24.3 Å². The molecule has 0 bridgehead atoms. The topological polar surface area (TPSA) is 102 Å². The highest BCUT2D eigenvalue weighted by atomic mass is 32.2. The molecule has 1 N–H and O–H groups in total. The predicted octanol–water partition coefficient (Wildman–Crippen LogP) is 3.08. The molecule has 1 heterocycles. The summed E-state index contributed by atoms with van der Waals surface area (Å²) in [4.78, 5) is 12.2. The molecule has 0 unspecified atom stereocenters. The molecule has 2 aromatic carbocycles. The van der Waals surface area contributed by atoms with Crippen LogP contribution in [-0.4, -0.2) is 36.4 Å². The summed E-state index contributed by atoms with van der Waals surface area (Å²) < 4.78 is 30.2. The summed E-state index contributed by atoms with van der Waals surface area (Å²) >= 11 is 1.15. The van der Waals surface area contributed by atoms with E-state index < -0.39 is 10.0 Å². The average Bonchev–Trinajstić information content (AvgIpc) is 3.09. The minimum absolute atomic E-state index is 0.125. The summed E-state index contributed by atoms with van der Waals surface area (Å²) in [7, 11) is -3.34. The molecule has 3 rings (SSSR count). The lowest BCUT2D eigenvalue weighted by Crippen LogP contribution is -2.10. The van der Waals surface area contributed by atoms with Crippen molar-refractivity contribution in [2.75, 3.05) is 16.7 Å². The molecular weight excluding hydrogens is 374 g/mol. The molecule has 0 atom stereocenters. The Kier molecular flexibility index (Phi) is 5.38. The van der Waals surface area contributed by atoms with Crippen LogP contribution in [0.15, 0.2) is 64.2 Å². The van der Waals surface area contributed by atoms with E-state index >= 15 is 0 Å². The summed E-state index contributed by atoms with van der Waals surface area (Å²) in [5.41, 5.74) is 1.69. The summed E-state index contributed by atoms with van der Waals surface area (Å²) in [6.45, 7) is 0. The van der Waals surface area contributed by atoms with Gasteiger partial charge in [-0.05, 0) is 36.4 Å². The van der Waals surface area contributed by atoms with Crippen LogP contribution in [0.1, 0.15) is 10.4 Å². The quantitative estimate of drug-likeness (QED) is 0.489. The van der Waals surface area contributed by atoms with Gasteiger partial charge in [0.1, 0.15) is 0 Å². The second kappa shape index (κ2) is 7.71. The lowest BCUT2D eigenvalue weighted by molar-refractivity contribution is 0.102. The highest BCUT2D eigenvalue weighted by Crippen LogP contribution is 2.23. The maximum Gasteiger partial charge on any atom is 0.277 e. The number of aromatic nitrogens is 2. The van der Waals surface area contributed by atoms with Gasteiger partial charge in [0.15, 0.2) is 5.78 Å². The first-order valence-corrected chi connectivity index (χ1v) is 10.4. The molecule has 0 aliphatic carbocycles. The summed E-state index contributed by atoms with van der Waals surface area (Å²) in [6.07, 6.45) is 1.07. The monoisotopic (exact) mass is 389 g/mol. The summed E-state index contributed by atoms with van der Waals surface area (Å²) in [5, 5.41) is 8.21. The van der Waals surface area contributed by atoms with Crippen LogP contribution in [0.5, 0.6) is 0 Å². The molecule has 0 saturated carbocycles. The van der Waals surface area contributed by atoms with Crippen LogP contribution in [-0.2, 0) is 10.0 Å². The Bertz CT molecular complexity index is 1000. The third kappa shape index (κ3) is 4.93. The second-order valence-corrected chi connectivity index (χ2v) is 8.08. The molecule has 0 aliphatic rings. The molecule has 9 heteroatoms. The van der Waals surface area contributed by atoms with Crippen molar-refractivity contribution in [2.45, 2.75) is 5.22 Å². The minimum Gasteiger partial charge on any atom is -0.411 e. The molecule has 0 fully saturated rings. The first-order valence-electron chi connectivity index (χ1n) is 7.53. The number of nitrogens with zero attached hydrogens (tertiary/aromatic N) is 2. The molecule has 26 heavy (non-hydrogen) atoms. The van der Waals surface area contributed by atoms with Gasteiger partial charge in [0.05, 0.1) is 12.0 Å². The van der Waals surface area contributed by atoms with E-state index in [2.05, 4.69) is 14.9 Å². The van der Waals surface area contributed by atoms with E-state index in [0.29, 0.717) is 22.4 Å². The molecule has 7 nitrogen and oxygen atoms in total. The predicted molar refractivity (Wildman–Crippen MR) is 99.7 cm³/mol. The van der Waals surface area contributed by atoms with Gasteiger partial charge in [-0.2, -0.15) is 0 Å². The van der Waals surface area contributed by atoms with Gasteiger partial charge in [-0.25, -0.2) is 8.42 Å². The van der Waals surface area contributed by atoms with Gasteiger partial charge >= 0.3 is 0 Å². The number of rotatable bonds is 7. The average molecular weight is 389 g/mol. The van der Waals surface area contributed by atoms with Gasteiger partial charge in [-0.15, -0.1) is 10.2 Å². The van der Waals surface area contributed by atoms with Crippen molar-refractivity contribution in [1.82, 2.24) is 10.2 Å². The molecule has 0 spiro atoms. The zero-order valence-electron chi connectivity index (χ0n) is 13.7. The SMILES string of the molecule is CS(=O)(=O)Nc1ccc(C(=O)CSc2nnc(-c3ccccc3)o2)cc1. The molecule has 0 aliphatic heterocycles. The van der Waals surface area contributed by atoms with E-state index in [9.17, 15) is 13.2 Å². The van der Waals surface area contributed by atoms with Crippen molar-refractivity contribution >= 4 is 33.3 Å². The number of benzene rings is 2. The van der Waals surface area contributed by atoms with E-state index in [0.717, 1.165) is 23.6 Å². The third-order valence-corrected chi connectivity index (χ3v) is 4.69. The van der Waals surface area contributed by atoms with Crippen molar-refractivity contribution < 1.29 is 17.6 Å². The zero-order chi connectivity index (χ0) is 18.6. The number of thioether (sulfide) groups is 1. The van der Waals surface area contributed by atoms with E-state index in [1.807, 2.05) is 30.3 Å². The Hall–Kier alpha value is -2.65. The maximum atomic E-state index is 12.2. The number of hydrogen-bond acceptors (Lipinski definition) is 7. The van der Waals surface area contributed by atoms with Gasteiger partial charge in [-0.1, -0.05) is 30.0 Å². The van der Waals surface area contributed by atoms with Crippen molar-refractivity contribution in [3.63, 3.8) is 0 Å². The largest absolute Gasteiger partial charge is 0.411 e. The molecule has 134 valence electrons. The van der Waals surface area contributed by atoms with E-state index in [1.165, 1.54) is 0 Å². The van der Waals surface area contributed by atoms with Gasteiger partial charge in [-0.3, -0.25) is 9.52 Å². The Labute approximate surface area is 154 Å². The van der Waals surface area contributed by atoms with Crippen LogP contribution in [0, 0.1) is 0 Å². The fraction of sp³-hybridized carbons (Fsp3) is 0.118. The van der Waals surface area contributed by atoms with E-state index in [4.69, 9.17) is 4.42 Å². The molecular formula is C17H15N3O4S2. The second-order valence-electron chi connectivity index (χ2n) is 5.40. The van der Waals surface area contributed by atoms with Gasteiger partial charge in [0.25, 0.3) is 5.22 Å². The van der Waals surface area contributed by atoms with Crippen LogP contribution >= 0.6 is 11.8 Å². The fourth-order valence-electron chi connectivity index (χ4n) is 2.11. The highest BCUT2D eigenvalue weighted by molar-refractivity contribution is 7.99. The third-order valence-electron chi connectivity index (χ3n) is 3.26. The van der Waals surface area contributed by atoms with Gasteiger partial charge in [0, 0.05) is 16.8 Å². The molecule has 0 saturated heterocycles.